The average molecular weight is 405 g/mol. The van der Waals surface area contributed by atoms with Crippen molar-refractivity contribution in [2.24, 2.45) is 0 Å². The smallest absolute Gasteiger partial charge is 0.123 e. The molecule has 1 atom stereocenters. The first-order valence-electron chi connectivity index (χ1n) is 6.48. The fourth-order valence-corrected chi connectivity index (χ4v) is 3.21. The van der Waals surface area contributed by atoms with Crippen LogP contribution in [0.3, 0.4) is 0 Å². The highest BCUT2D eigenvalue weighted by Gasteiger charge is 2.23. The molecule has 1 heterocycles. The van der Waals surface area contributed by atoms with Crippen LogP contribution in [-0.4, -0.2) is 16.3 Å². The number of rotatable bonds is 5. The molecule has 0 saturated carbocycles. The first-order chi connectivity index (χ1) is 9.58. The van der Waals surface area contributed by atoms with Gasteiger partial charge in [-0.3, -0.25) is 4.68 Å². The van der Waals surface area contributed by atoms with E-state index in [0.29, 0.717) is 0 Å². The first-order valence-corrected chi connectivity index (χ1v) is 8.06. The zero-order valence-corrected chi connectivity index (χ0v) is 14.5. The van der Waals surface area contributed by atoms with Gasteiger partial charge in [0, 0.05) is 11.0 Å². The third-order valence-electron chi connectivity index (χ3n) is 3.08. The first kappa shape index (κ1) is 15.7. The highest BCUT2D eigenvalue weighted by molar-refractivity contribution is 9.10. The van der Waals surface area contributed by atoms with Gasteiger partial charge in [-0.2, -0.15) is 5.10 Å². The summed E-state index contributed by atoms with van der Waals surface area (Å²) >= 11 is 7.04. The maximum absolute atomic E-state index is 13.6. The summed E-state index contributed by atoms with van der Waals surface area (Å²) in [6, 6.07) is 4.61. The van der Waals surface area contributed by atoms with Gasteiger partial charge in [0.15, 0.2) is 0 Å². The highest BCUT2D eigenvalue weighted by atomic mass is 79.9. The summed E-state index contributed by atoms with van der Waals surface area (Å²) in [5.41, 5.74) is 1.86. The minimum absolute atomic E-state index is 0.123. The van der Waals surface area contributed by atoms with Crippen LogP contribution in [0.15, 0.2) is 33.3 Å². The Morgan fingerprint density at radius 1 is 1.30 bits per heavy atom. The molecule has 0 aliphatic heterocycles. The van der Waals surface area contributed by atoms with Crippen LogP contribution in [0, 0.1) is 5.82 Å². The van der Waals surface area contributed by atoms with Crippen molar-refractivity contribution in [3.05, 3.63) is 50.4 Å². The molecule has 20 heavy (non-hydrogen) atoms. The largest absolute Gasteiger partial charge is 0.305 e. The van der Waals surface area contributed by atoms with Crippen molar-refractivity contribution in [1.29, 1.82) is 0 Å². The van der Waals surface area contributed by atoms with Crippen LogP contribution in [0.2, 0.25) is 0 Å². The number of benzene rings is 1. The van der Waals surface area contributed by atoms with Crippen molar-refractivity contribution in [3.63, 3.8) is 0 Å². The van der Waals surface area contributed by atoms with Gasteiger partial charge in [0.25, 0.3) is 0 Å². The van der Waals surface area contributed by atoms with Crippen molar-refractivity contribution in [1.82, 2.24) is 15.1 Å². The number of hydrogen-bond donors (Lipinski definition) is 1. The highest BCUT2D eigenvalue weighted by Crippen LogP contribution is 2.33. The number of aromatic nitrogens is 2. The molecule has 0 fully saturated rings. The summed E-state index contributed by atoms with van der Waals surface area (Å²) < 4.78 is 17.3. The van der Waals surface area contributed by atoms with Gasteiger partial charge in [0.2, 0.25) is 0 Å². The molecule has 0 aliphatic carbocycles. The quantitative estimate of drug-likeness (QED) is 0.806. The molecule has 0 amide bonds. The number of nitrogens with zero attached hydrogens (tertiary/aromatic N) is 2. The van der Waals surface area contributed by atoms with E-state index < -0.39 is 0 Å². The van der Waals surface area contributed by atoms with Gasteiger partial charge in [-0.1, -0.05) is 22.9 Å². The summed E-state index contributed by atoms with van der Waals surface area (Å²) in [6.07, 6.45) is 1.77. The summed E-state index contributed by atoms with van der Waals surface area (Å²) in [4.78, 5) is 0. The fourth-order valence-electron chi connectivity index (χ4n) is 2.20. The molecule has 1 aromatic heterocycles. The van der Waals surface area contributed by atoms with Gasteiger partial charge in [0.1, 0.15) is 5.82 Å². The number of halogens is 3. The molecule has 6 heteroatoms. The van der Waals surface area contributed by atoms with Crippen LogP contribution in [0.1, 0.15) is 31.1 Å². The van der Waals surface area contributed by atoms with E-state index in [2.05, 4.69) is 42.3 Å². The molecule has 0 radical (unpaired) electrons. The molecule has 2 rings (SSSR count). The molecule has 3 nitrogen and oxygen atoms in total. The van der Waals surface area contributed by atoms with Crippen molar-refractivity contribution in [3.8, 4) is 0 Å². The lowest BCUT2D eigenvalue weighted by Gasteiger charge is -2.21. The van der Waals surface area contributed by atoms with Crippen molar-refractivity contribution >= 4 is 31.9 Å². The number of nitrogens with one attached hydrogen (secondary N) is 1. The zero-order valence-electron chi connectivity index (χ0n) is 11.3. The lowest BCUT2D eigenvalue weighted by atomic mass is 10.0. The SMILES string of the molecule is CCNC(c1cc(F)ccc1Br)c1c(Br)cnn1CC. The Morgan fingerprint density at radius 3 is 2.70 bits per heavy atom. The summed E-state index contributed by atoms with van der Waals surface area (Å²) in [7, 11) is 0. The van der Waals surface area contributed by atoms with Crippen LogP contribution in [0.4, 0.5) is 4.39 Å². The van der Waals surface area contributed by atoms with Crippen LogP contribution >= 0.6 is 31.9 Å². The number of aryl methyl sites for hydroxylation is 1. The Labute approximate surface area is 134 Å². The number of hydrogen-bond acceptors (Lipinski definition) is 2. The predicted molar refractivity (Wildman–Crippen MR) is 85.2 cm³/mol. The molecule has 1 aromatic carbocycles. The Kier molecular flexibility index (Phi) is 5.35. The molecule has 0 saturated heterocycles. The second-order valence-electron chi connectivity index (χ2n) is 4.35. The molecular formula is C14H16Br2FN3. The average Bonchev–Trinajstić information content (AvgIpc) is 2.80. The molecule has 1 unspecified atom stereocenters. The fraction of sp³-hybridized carbons (Fsp3) is 0.357. The summed E-state index contributed by atoms with van der Waals surface area (Å²) in [6.45, 7) is 5.60. The van der Waals surface area contributed by atoms with Gasteiger partial charge < -0.3 is 5.32 Å². The van der Waals surface area contributed by atoms with Crippen molar-refractivity contribution < 1.29 is 4.39 Å². The third-order valence-corrected chi connectivity index (χ3v) is 4.42. The van der Waals surface area contributed by atoms with E-state index in [4.69, 9.17) is 0 Å². The van der Waals surface area contributed by atoms with Crippen molar-refractivity contribution in [2.45, 2.75) is 26.4 Å². The third kappa shape index (κ3) is 3.13. The monoisotopic (exact) mass is 403 g/mol. The van der Waals surface area contributed by atoms with Crippen LogP contribution < -0.4 is 5.32 Å². The van der Waals surface area contributed by atoms with E-state index in [0.717, 1.165) is 33.3 Å². The normalized spacial score (nSPS) is 12.7. The molecule has 108 valence electrons. The molecule has 0 aliphatic rings. The van der Waals surface area contributed by atoms with Gasteiger partial charge >= 0.3 is 0 Å². The lowest BCUT2D eigenvalue weighted by molar-refractivity contribution is 0.535. The van der Waals surface area contributed by atoms with E-state index in [1.54, 1.807) is 18.3 Å². The Balaban J connectivity index is 2.56. The predicted octanol–water partition coefficient (Wildman–Crippen LogP) is 4.27. The van der Waals surface area contributed by atoms with Crippen LogP contribution in [0.5, 0.6) is 0 Å². The lowest BCUT2D eigenvalue weighted by Crippen LogP contribution is -2.25. The molecule has 1 N–H and O–H groups in total. The van der Waals surface area contributed by atoms with Gasteiger partial charge in [0.05, 0.1) is 22.4 Å². The maximum atomic E-state index is 13.6. The molecular weight excluding hydrogens is 389 g/mol. The van der Waals surface area contributed by atoms with E-state index in [-0.39, 0.29) is 11.9 Å². The topological polar surface area (TPSA) is 29.9 Å². The summed E-state index contributed by atoms with van der Waals surface area (Å²) in [5, 5.41) is 7.73. The minimum Gasteiger partial charge on any atom is -0.305 e. The van der Waals surface area contributed by atoms with Crippen molar-refractivity contribution in [2.75, 3.05) is 6.54 Å². The Bertz CT molecular complexity index is 598. The minimum atomic E-state index is -0.246. The van der Waals surface area contributed by atoms with E-state index in [1.807, 2.05) is 18.5 Å². The maximum Gasteiger partial charge on any atom is 0.123 e. The molecule has 2 aromatic rings. The Hall–Kier alpha value is -0.720. The zero-order chi connectivity index (χ0) is 14.7. The summed E-state index contributed by atoms with van der Waals surface area (Å²) in [5.74, 6) is -0.246. The van der Waals surface area contributed by atoms with E-state index in [1.165, 1.54) is 6.07 Å². The van der Waals surface area contributed by atoms with Gasteiger partial charge in [-0.05, 0) is 53.2 Å². The molecule has 0 bridgehead atoms. The molecule has 0 spiro atoms. The van der Waals surface area contributed by atoms with E-state index >= 15 is 0 Å². The van der Waals surface area contributed by atoms with Gasteiger partial charge in [-0.15, -0.1) is 0 Å². The van der Waals surface area contributed by atoms with Crippen LogP contribution in [-0.2, 0) is 6.54 Å². The second-order valence-corrected chi connectivity index (χ2v) is 6.06. The Morgan fingerprint density at radius 2 is 2.05 bits per heavy atom. The van der Waals surface area contributed by atoms with Crippen LogP contribution in [0.25, 0.3) is 0 Å². The van der Waals surface area contributed by atoms with E-state index in [9.17, 15) is 4.39 Å². The van der Waals surface area contributed by atoms with Gasteiger partial charge in [-0.25, -0.2) is 4.39 Å². The second kappa shape index (κ2) is 6.83. The standard InChI is InChI=1S/C14H16Br2FN3/c1-3-18-13(10-7-9(17)5-6-11(10)15)14-12(16)8-19-20(14)4-2/h5-8,13,18H,3-4H2,1-2H3.